The topological polar surface area (TPSA) is 77.6 Å². The van der Waals surface area contributed by atoms with Crippen LogP contribution in [-0.2, 0) is 22.6 Å². The number of hydrogen-bond acceptors (Lipinski definition) is 6. The molecule has 3 aromatic carbocycles. The van der Waals surface area contributed by atoms with E-state index in [-0.39, 0.29) is 18.1 Å². The van der Waals surface area contributed by atoms with Gasteiger partial charge in [-0.15, -0.1) is 0 Å². The first-order valence-electron chi connectivity index (χ1n) is 12.9. The van der Waals surface area contributed by atoms with Crippen LogP contribution in [0, 0.1) is 0 Å². The zero-order valence-corrected chi connectivity index (χ0v) is 21.9. The van der Waals surface area contributed by atoms with Gasteiger partial charge < -0.3 is 14.1 Å². The van der Waals surface area contributed by atoms with Crippen LogP contribution in [0.25, 0.3) is 44.5 Å². The van der Waals surface area contributed by atoms with E-state index in [4.69, 9.17) is 9.15 Å². The lowest BCUT2D eigenvalue weighted by Crippen LogP contribution is -2.24. The maximum Gasteiger partial charge on any atom is 0.348 e. The summed E-state index contributed by atoms with van der Waals surface area (Å²) >= 11 is 0. The fraction of sp³-hybridized carbons (Fsp3) is 0.258. The average Bonchev–Trinajstić information content (AvgIpc) is 3.29. The molecular formula is C31H31N3O4. The molecule has 2 heterocycles. The number of fused-ring (bicyclic) bond motifs is 3. The Morgan fingerprint density at radius 1 is 0.974 bits per heavy atom. The van der Waals surface area contributed by atoms with E-state index >= 15 is 0 Å². The summed E-state index contributed by atoms with van der Waals surface area (Å²) in [5.41, 5.74) is 6.22. The van der Waals surface area contributed by atoms with Crippen molar-refractivity contribution in [2.24, 2.45) is 0 Å². The lowest BCUT2D eigenvalue weighted by Gasteiger charge is -2.11. The maximum atomic E-state index is 13.3. The fourth-order valence-corrected chi connectivity index (χ4v) is 4.78. The van der Waals surface area contributed by atoms with Gasteiger partial charge in [-0.3, -0.25) is 9.36 Å². The summed E-state index contributed by atoms with van der Waals surface area (Å²) in [5, 5.41) is 0.836. The number of rotatable bonds is 9. The molecule has 0 fully saturated rings. The van der Waals surface area contributed by atoms with Crippen molar-refractivity contribution in [3.05, 3.63) is 88.8 Å². The lowest BCUT2D eigenvalue weighted by molar-refractivity contribution is -0.143. The summed E-state index contributed by atoms with van der Waals surface area (Å²) in [5.74, 6) is -0.275. The molecule has 0 atom stereocenters. The van der Waals surface area contributed by atoms with Crippen molar-refractivity contribution in [3.8, 4) is 22.4 Å². The van der Waals surface area contributed by atoms with E-state index in [1.807, 2.05) is 42.5 Å². The van der Waals surface area contributed by atoms with Crippen molar-refractivity contribution < 1.29 is 13.9 Å². The Balaban J connectivity index is 1.63. The van der Waals surface area contributed by atoms with E-state index in [1.165, 1.54) is 5.56 Å². The number of nitrogens with zero attached hydrogens (tertiary/aromatic N) is 3. The number of furan rings is 1. The molecule has 0 aliphatic heterocycles. The summed E-state index contributed by atoms with van der Waals surface area (Å²) in [6, 6.07) is 24.1. The van der Waals surface area contributed by atoms with Crippen LogP contribution in [0.15, 0.2) is 82.0 Å². The highest BCUT2D eigenvalue weighted by Gasteiger charge is 2.20. The van der Waals surface area contributed by atoms with Crippen molar-refractivity contribution in [2.75, 3.05) is 20.7 Å². The van der Waals surface area contributed by atoms with E-state index < -0.39 is 0 Å². The molecule has 0 unspecified atom stereocenters. The third kappa shape index (κ3) is 5.24. The van der Waals surface area contributed by atoms with Crippen LogP contribution < -0.4 is 5.69 Å². The quantitative estimate of drug-likeness (QED) is 0.231. The van der Waals surface area contributed by atoms with Gasteiger partial charge in [0.05, 0.1) is 6.61 Å². The number of esters is 1. The van der Waals surface area contributed by atoms with Gasteiger partial charge in [-0.1, -0.05) is 60.7 Å². The Labute approximate surface area is 221 Å². The van der Waals surface area contributed by atoms with Gasteiger partial charge in [-0.25, -0.2) is 4.79 Å². The third-order valence-electron chi connectivity index (χ3n) is 6.49. The molecule has 38 heavy (non-hydrogen) atoms. The van der Waals surface area contributed by atoms with Crippen LogP contribution in [0.5, 0.6) is 0 Å². The molecule has 7 heteroatoms. The highest BCUT2D eigenvalue weighted by atomic mass is 16.5. The van der Waals surface area contributed by atoms with Gasteiger partial charge in [-0.2, -0.15) is 4.98 Å². The number of hydrogen-bond donors (Lipinski definition) is 0. The van der Waals surface area contributed by atoms with Gasteiger partial charge in [0.1, 0.15) is 16.8 Å². The zero-order chi connectivity index (χ0) is 26.6. The molecule has 5 aromatic rings. The van der Waals surface area contributed by atoms with Crippen molar-refractivity contribution in [3.63, 3.8) is 0 Å². The normalized spacial score (nSPS) is 11.5. The summed E-state index contributed by atoms with van der Waals surface area (Å²) < 4.78 is 13.0. The van der Waals surface area contributed by atoms with Crippen molar-refractivity contribution in [1.29, 1.82) is 0 Å². The lowest BCUT2D eigenvalue weighted by atomic mass is 10.0. The van der Waals surface area contributed by atoms with Crippen LogP contribution in [0.2, 0.25) is 0 Å². The van der Waals surface area contributed by atoms with Crippen molar-refractivity contribution >= 4 is 28.0 Å². The second-order valence-corrected chi connectivity index (χ2v) is 9.59. The van der Waals surface area contributed by atoms with Crippen molar-refractivity contribution in [2.45, 2.75) is 32.9 Å². The predicted octanol–water partition coefficient (Wildman–Crippen LogP) is 5.88. The molecule has 0 aliphatic carbocycles. The summed E-state index contributed by atoms with van der Waals surface area (Å²) in [4.78, 5) is 31.8. The van der Waals surface area contributed by atoms with Crippen LogP contribution >= 0.6 is 0 Å². The molecular weight excluding hydrogens is 478 g/mol. The van der Waals surface area contributed by atoms with Crippen LogP contribution in [0.4, 0.5) is 0 Å². The SMILES string of the molecule is CCOC(=O)CCCn1c(=O)nc(-c2ccccc2)c2oc3ccc(-c4ccc(CN(C)C)cc4)cc3c21. The Bertz CT molecular complexity index is 1630. The van der Waals surface area contributed by atoms with E-state index in [0.29, 0.717) is 41.9 Å². The van der Waals surface area contributed by atoms with Gasteiger partial charge in [0.15, 0.2) is 5.58 Å². The number of benzene rings is 3. The fourth-order valence-electron chi connectivity index (χ4n) is 4.78. The second-order valence-electron chi connectivity index (χ2n) is 9.59. The van der Waals surface area contributed by atoms with Gasteiger partial charge in [0.25, 0.3) is 0 Å². The minimum atomic E-state index is -0.374. The Kier molecular flexibility index (Phi) is 7.38. The molecule has 7 nitrogen and oxygen atoms in total. The average molecular weight is 510 g/mol. The van der Waals surface area contributed by atoms with Crippen LogP contribution in [0.3, 0.4) is 0 Å². The Hall–Kier alpha value is -4.23. The van der Waals surface area contributed by atoms with E-state index in [9.17, 15) is 9.59 Å². The number of aryl methyl sites for hydroxylation is 1. The smallest absolute Gasteiger partial charge is 0.348 e. The summed E-state index contributed by atoms with van der Waals surface area (Å²) in [7, 11) is 4.10. The molecule has 0 saturated carbocycles. The molecule has 2 aromatic heterocycles. The Morgan fingerprint density at radius 2 is 1.71 bits per heavy atom. The number of carbonyl (C=O) groups excluding carboxylic acids is 1. The summed E-state index contributed by atoms with van der Waals surface area (Å²) in [6.07, 6.45) is 0.683. The van der Waals surface area contributed by atoms with Gasteiger partial charge >= 0.3 is 11.7 Å². The molecule has 0 N–H and O–H groups in total. The number of ether oxygens (including phenoxy) is 1. The second kappa shape index (κ2) is 11.0. The van der Waals surface area contributed by atoms with Gasteiger partial charge in [0.2, 0.25) is 0 Å². The minimum absolute atomic E-state index is 0.225. The third-order valence-corrected chi connectivity index (χ3v) is 6.49. The highest BCUT2D eigenvalue weighted by molar-refractivity contribution is 6.07. The first kappa shape index (κ1) is 25.4. The summed E-state index contributed by atoms with van der Waals surface area (Å²) in [6.45, 7) is 3.32. The monoisotopic (exact) mass is 509 g/mol. The molecule has 0 spiro atoms. The van der Waals surface area contributed by atoms with Crippen molar-refractivity contribution in [1.82, 2.24) is 14.5 Å². The molecule has 0 radical (unpaired) electrons. The van der Waals surface area contributed by atoms with Gasteiger partial charge in [0, 0.05) is 30.5 Å². The van der Waals surface area contributed by atoms with E-state index in [0.717, 1.165) is 28.6 Å². The molecule has 194 valence electrons. The van der Waals surface area contributed by atoms with Gasteiger partial charge in [-0.05, 0) is 56.3 Å². The highest BCUT2D eigenvalue weighted by Crippen LogP contribution is 2.36. The van der Waals surface area contributed by atoms with E-state index in [1.54, 1.807) is 11.5 Å². The maximum absolute atomic E-state index is 13.3. The predicted molar refractivity (Wildman–Crippen MR) is 150 cm³/mol. The zero-order valence-electron chi connectivity index (χ0n) is 21.9. The molecule has 0 saturated heterocycles. The molecule has 0 bridgehead atoms. The first-order chi connectivity index (χ1) is 18.4. The first-order valence-corrected chi connectivity index (χ1v) is 12.9. The molecule has 5 rings (SSSR count). The van der Waals surface area contributed by atoms with E-state index in [2.05, 4.69) is 54.3 Å². The standard InChI is InChI=1S/C31H31N3O4/c1-4-37-27(35)11-8-18-34-29-25-19-24(22-14-12-21(13-15-22)20-33(2)3)16-17-26(25)38-30(29)28(32-31(34)36)23-9-6-5-7-10-23/h5-7,9-10,12-17,19H,4,8,11,18,20H2,1-3H3. The largest absolute Gasteiger partial charge is 0.466 e. The minimum Gasteiger partial charge on any atom is -0.466 e. The molecule has 0 aliphatic rings. The number of carbonyl (C=O) groups is 1. The number of aromatic nitrogens is 2. The van der Waals surface area contributed by atoms with Crippen LogP contribution in [0.1, 0.15) is 25.3 Å². The Morgan fingerprint density at radius 3 is 2.42 bits per heavy atom. The van der Waals surface area contributed by atoms with Crippen LogP contribution in [-0.4, -0.2) is 41.1 Å². The molecule has 0 amide bonds.